The van der Waals surface area contributed by atoms with E-state index in [9.17, 15) is 14.4 Å². The Kier molecular flexibility index (Phi) is 6.01. The van der Waals surface area contributed by atoms with Crippen LogP contribution < -0.4 is 10.6 Å². The van der Waals surface area contributed by atoms with Crippen LogP contribution in [0.1, 0.15) is 22.3 Å². The maximum atomic E-state index is 12.4. The van der Waals surface area contributed by atoms with Crippen molar-refractivity contribution >= 4 is 34.2 Å². The number of anilines is 1. The molecule has 2 amide bonds. The molecule has 0 unspecified atom stereocenters. The molecule has 0 radical (unpaired) electrons. The highest BCUT2D eigenvalue weighted by Crippen LogP contribution is 2.19. The van der Waals surface area contributed by atoms with Gasteiger partial charge in [-0.05, 0) is 40.6 Å². The van der Waals surface area contributed by atoms with Crippen molar-refractivity contribution in [3.8, 4) is 0 Å². The van der Waals surface area contributed by atoms with E-state index >= 15 is 0 Å². The standard InChI is InChI=1S/C22H20N2O4/c25-20(14-17-6-3-5-15-4-1-2-7-19(15)17)24-18-10-8-16(9-11-18)22(28)23-13-12-21(26)27/h1-11H,12-14H2,(H,23,28)(H,24,25)(H,26,27). The molecule has 0 bridgehead atoms. The van der Waals surface area contributed by atoms with Gasteiger partial charge < -0.3 is 15.7 Å². The molecule has 0 aliphatic heterocycles. The number of hydrogen-bond donors (Lipinski definition) is 3. The topological polar surface area (TPSA) is 95.5 Å². The van der Waals surface area contributed by atoms with Crippen LogP contribution in [0, 0.1) is 0 Å². The Balaban J connectivity index is 1.60. The molecule has 0 spiro atoms. The monoisotopic (exact) mass is 376 g/mol. The highest BCUT2D eigenvalue weighted by Gasteiger charge is 2.09. The molecule has 3 aromatic carbocycles. The molecule has 3 aromatic rings. The van der Waals surface area contributed by atoms with Gasteiger partial charge in [0.15, 0.2) is 0 Å². The predicted octanol–water partition coefficient (Wildman–Crippen LogP) is 3.23. The molecule has 0 fully saturated rings. The third-order valence-corrected chi connectivity index (χ3v) is 4.29. The molecule has 0 saturated carbocycles. The van der Waals surface area contributed by atoms with E-state index in [1.54, 1.807) is 24.3 Å². The molecule has 0 aliphatic rings. The molecule has 0 heterocycles. The second-order valence-electron chi connectivity index (χ2n) is 6.34. The largest absolute Gasteiger partial charge is 0.481 e. The molecule has 0 aromatic heterocycles. The zero-order valence-electron chi connectivity index (χ0n) is 15.1. The average molecular weight is 376 g/mol. The molecular weight excluding hydrogens is 356 g/mol. The first-order chi connectivity index (χ1) is 13.5. The summed E-state index contributed by atoms with van der Waals surface area (Å²) in [5, 5.41) is 16.1. The maximum Gasteiger partial charge on any atom is 0.305 e. The molecule has 3 rings (SSSR count). The lowest BCUT2D eigenvalue weighted by Crippen LogP contribution is -2.26. The Morgan fingerprint density at radius 2 is 1.57 bits per heavy atom. The first kappa shape index (κ1) is 19.1. The average Bonchev–Trinajstić information content (AvgIpc) is 2.68. The molecule has 28 heavy (non-hydrogen) atoms. The van der Waals surface area contributed by atoms with Crippen molar-refractivity contribution in [2.75, 3.05) is 11.9 Å². The Morgan fingerprint density at radius 3 is 2.32 bits per heavy atom. The second-order valence-corrected chi connectivity index (χ2v) is 6.34. The van der Waals surface area contributed by atoms with Crippen molar-refractivity contribution in [3.63, 3.8) is 0 Å². The van der Waals surface area contributed by atoms with Gasteiger partial charge in [-0.2, -0.15) is 0 Å². The number of fused-ring (bicyclic) bond motifs is 1. The number of carbonyl (C=O) groups is 3. The van der Waals surface area contributed by atoms with Crippen LogP contribution in [-0.2, 0) is 16.0 Å². The van der Waals surface area contributed by atoms with Crippen LogP contribution in [0.5, 0.6) is 0 Å². The van der Waals surface area contributed by atoms with Gasteiger partial charge in [-0.15, -0.1) is 0 Å². The van der Waals surface area contributed by atoms with Gasteiger partial charge in [0.05, 0.1) is 12.8 Å². The van der Waals surface area contributed by atoms with Gasteiger partial charge in [0, 0.05) is 17.8 Å². The van der Waals surface area contributed by atoms with Crippen molar-refractivity contribution in [1.82, 2.24) is 5.32 Å². The first-order valence-electron chi connectivity index (χ1n) is 8.89. The Bertz CT molecular complexity index is 1010. The Labute approximate surface area is 162 Å². The van der Waals surface area contributed by atoms with Crippen LogP contribution in [0.4, 0.5) is 5.69 Å². The van der Waals surface area contributed by atoms with Crippen LogP contribution >= 0.6 is 0 Å². The van der Waals surface area contributed by atoms with Gasteiger partial charge in [-0.1, -0.05) is 42.5 Å². The van der Waals surface area contributed by atoms with E-state index in [2.05, 4.69) is 10.6 Å². The summed E-state index contributed by atoms with van der Waals surface area (Å²) in [6.07, 6.45) is 0.118. The van der Waals surface area contributed by atoms with Gasteiger partial charge in [0.2, 0.25) is 5.91 Å². The number of benzene rings is 3. The highest BCUT2D eigenvalue weighted by molar-refractivity contribution is 5.97. The number of carboxylic acids is 1. The van der Waals surface area contributed by atoms with E-state index in [0.29, 0.717) is 11.3 Å². The van der Waals surface area contributed by atoms with E-state index in [0.717, 1.165) is 16.3 Å². The second kappa shape index (κ2) is 8.81. The van der Waals surface area contributed by atoms with Gasteiger partial charge in [0.25, 0.3) is 5.91 Å². The molecule has 3 N–H and O–H groups in total. The fraction of sp³-hybridized carbons (Fsp3) is 0.136. The van der Waals surface area contributed by atoms with Gasteiger partial charge >= 0.3 is 5.97 Å². The molecule has 6 heteroatoms. The summed E-state index contributed by atoms with van der Waals surface area (Å²) in [5.74, 6) is -1.46. The fourth-order valence-corrected chi connectivity index (χ4v) is 2.91. The van der Waals surface area contributed by atoms with Gasteiger partial charge in [0.1, 0.15) is 0 Å². The summed E-state index contributed by atoms with van der Waals surface area (Å²) < 4.78 is 0. The minimum absolute atomic E-state index is 0.0671. The van der Waals surface area contributed by atoms with Crippen molar-refractivity contribution < 1.29 is 19.5 Å². The number of nitrogens with one attached hydrogen (secondary N) is 2. The zero-order chi connectivity index (χ0) is 19.9. The molecule has 6 nitrogen and oxygen atoms in total. The van der Waals surface area contributed by atoms with E-state index < -0.39 is 5.97 Å². The van der Waals surface area contributed by atoms with Gasteiger partial charge in [-0.3, -0.25) is 14.4 Å². The molecule has 0 saturated heterocycles. The van der Waals surface area contributed by atoms with E-state index in [1.807, 2.05) is 42.5 Å². The maximum absolute atomic E-state index is 12.4. The summed E-state index contributed by atoms with van der Waals surface area (Å²) in [7, 11) is 0. The zero-order valence-corrected chi connectivity index (χ0v) is 15.1. The lowest BCUT2D eigenvalue weighted by Gasteiger charge is -2.09. The summed E-state index contributed by atoms with van der Waals surface area (Å²) in [6, 6.07) is 20.3. The summed E-state index contributed by atoms with van der Waals surface area (Å²) >= 11 is 0. The smallest absolute Gasteiger partial charge is 0.305 e. The number of hydrogen-bond acceptors (Lipinski definition) is 3. The van der Waals surface area contributed by atoms with E-state index in [4.69, 9.17) is 5.11 Å². The molecular formula is C22H20N2O4. The quantitative estimate of drug-likeness (QED) is 0.590. The Morgan fingerprint density at radius 1 is 0.857 bits per heavy atom. The number of amides is 2. The van der Waals surface area contributed by atoms with Crippen LogP contribution in [-0.4, -0.2) is 29.4 Å². The number of carbonyl (C=O) groups excluding carboxylic acids is 2. The van der Waals surface area contributed by atoms with Gasteiger partial charge in [-0.25, -0.2) is 0 Å². The Hall–Kier alpha value is -3.67. The summed E-state index contributed by atoms with van der Waals surface area (Å²) in [6.45, 7) is 0.0671. The summed E-state index contributed by atoms with van der Waals surface area (Å²) in [5.41, 5.74) is 1.94. The van der Waals surface area contributed by atoms with E-state index in [-0.39, 0.29) is 31.2 Å². The predicted molar refractivity (Wildman–Crippen MR) is 107 cm³/mol. The first-order valence-corrected chi connectivity index (χ1v) is 8.89. The fourth-order valence-electron chi connectivity index (χ4n) is 2.91. The van der Waals surface area contributed by atoms with E-state index in [1.165, 1.54) is 0 Å². The molecule has 0 atom stereocenters. The lowest BCUT2D eigenvalue weighted by atomic mass is 10.0. The van der Waals surface area contributed by atoms with Crippen LogP contribution in [0.3, 0.4) is 0 Å². The SMILES string of the molecule is O=C(O)CCNC(=O)c1ccc(NC(=O)Cc2cccc3ccccc23)cc1. The minimum atomic E-state index is -0.968. The van der Waals surface area contributed by atoms with Crippen molar-refractivity contribution in [1.29, 1.82) is 0 Å². The summed E-state index contributed by atoms with van der Waals surface area (Å²) in [4.78, 5) is 34.8. The lowest BCUT2D eigenvalue weighted by molar-refractivity contribution is -0.136. The van der Waals surface area contributed by atoms with Crippen molar-refractivity contribution in [3.05, 3.63) is 77.9 Å². The third kappa shape index (κ3) is 4.94. The van der Waals surface area contributed by atoms with Crippen LogP contribution in [0.25, 0.3) is 10.8 Å². The van der Waals surface area contributed by atoms with Crippen LogP contribution in [0.15, 0.2) is 66.7 Å². The minimum Gasteiger partial charge on any atom is -0.481 e. The number of rotatable bonds is 7. The molecule has 0 aliphatic carbocycles. The van der Waals surface area contributed by atoms with Crippen molar-refractivity contribution in [2.45, 2.75) is 12.8 Å². The highest BCUT2D eigenvalue weighted by atomic mass is 16.4. The number of aliphatic carboxylic acids is 1. The normalized spacial score (nSPS) is 10.4. The van der Waals surface area contributed by atoms with Crippen LogP contribution in [0.2, 0.25) is 0 Å². The third-order valence-electron chi connectivity index (χ3n) is 4.29. The molecule has 142 valence electrons. The number of carboxylic acid groups (broad SMARTS) is 1. The van der Waals surface area contributed by atoms with Crippen molar-refractivity contribution in [2.24, 2.45) is 0 Å².